The van der Waals surface area contributed by atoms with Crippen LogP contribution in [0.15, 0.2) is 18.3 Å². The van der Waals surface area contributed by atoms with Crippen LogP contribution in [0.1, 0.15) is 5.69 Å². The summed E-state index contributed by atoms with van der Waals surface area (Å²) in [5.74, 6) is 0. The van der Waals surface area contributed by atoms with E-state index in [-0.39, 0.29) is 19.5 Å². The molecule has 7 heavy (non-hydrogen) atoms. The summed E-state index contributed by atoms with van der Waals surface area (Å²) in [6.45, 7) is 2.03. The monoisotopic (exact) mass is 183 g/mol. The molecule has 0 aliphatic rings. The Kier molecular flexibility index (Phi) is 2.94. The van der Waals surface area contributed by atoms with Crippen LogP contribution >= 0.6 is 0 Å². The van der Waals surface area contributed by atoms with Crippen molar-refractivity contribution in [1.82, 2.24) is 4.98 Å². The number of hydrogen-bond acceptors (Lipinski definition) is 0. The van der Waals surface area contributed by atoms with E-state index in [1.54, 1.807) is 0 Å². The van der Waals surface area contributed by atoms with Gasteiger partial charge in [0.05, 0.1) is 0 Å². The molecule has 1 aromatic rings. The molecule has 0 bridgehead atoms. The SMILES string of the molecule is Cc1ccc[nH]1.[Ru]. The maximum Gasteiger partial charge on any atom is 0.0115 e. The third-order valence-corrected chi connectivity index (χ3v) is 0.753. The Morgan fingerprint density at radius 1 is 1.57 bits per heavy atom. The van der Waals surface area contributed by atoms with E-state index in [4.69, 9.17) is 0 Å². The number of aromatic nitrogens is 1. The fourth-order valence-electron chi connectivity index (χ4n) is 0.420. The first-order valence-electron chi connectivity index (χ1n) is 1.99. The zero-order valence-corrected chi connectivity index (χ0v) is 5.82. The van der Waals surface area contributed by atoms with Crippen LogP contribution in [0.4, 0.5) is 0 Å². The van der Waals surface area contributed by atoms with Crippen molar-refractivity contribution in [3.8, 4) is 0 Å². The van der Waals surface area contributed by atoms with Gasteiger partial charge < -0.3 is 4.98 Å². The molecular weight excluding hydrogens is 175 g/mol. The van der Waals surface area contributed by atoms with Crippen LogP contribution in [0.25, 0.3) is 0 Å². The van der Waals surface area contributed by atoms with Crippen molar-refractivity contribution in [2.45, 2.75) is 6.92 Å². The van der Waals surface area contributed by atoms with E-state index in [0.717, 1.165) is 0 Å². The van der Waals surface area contributed by atoms with Gasteiger partial charge in [0.2, 0.25) is 0 Å². The van der Waals surface area contributed by atoms with Crippen LogP contribution in [0, 0.1) is 6.92 Å². The van der Waals surface area contributed by atoms with Gasteiger partial charge in [-0.05, 0) is 19.1 Å². The number of aryl methyl sites for hydroxylation is 1. The van der Waals surface area contributed by atoms with Gasteiger partial charge in [-0.2, -0.15) is 0 Å². The average Bonchev–Trinajstić information content (AvgIpc) is 1.86. The zero-order valence-electron chi connectivity index (χ0n) is 4.09. The van der Waals surface area contributed by atoms with Crippen molar-refractivity contribution in [2.75, 3.05) is 0 Å². The molecule has 0 aliphatic carbocycles. The first kappa shape index (κ1) is 6.90. The minimum absolute atomic E-state index is 0. The summed E-state index contributed by atoms with van der Waals surface area (Å²) in [6.07, 6.45) is 1.91. The van der Waals surface area contributed by atoms with Crippen LogP contribution in [0.2, 0.25) is 0 Å². The predicted octanol–water partition coefficient (Wildman–Crippen LogP) is 1.32. The minimum atomic E-state index is 0. The van der Waals surface area contributed by atoms with Gasteiger partial charge in [0, 0.05) is 31.4 Å². The molecule has 1 rings (SSSR count). The average molecular weight is 182 g/mol. The first-order valence-corrected chi connectivity index (χ1v) is 1.99. The number of aromatic amines is 1. The van der Waals surface area contributed by atoms with Crippen molar-refractivity contribution < 1.29 is 19.5 Å². The first-order chi connectivity index (χ1) is 2.89. The molecule has 0 saturated heterocycles. The van der Waals surface area contributed by atoms with Crippen molar-refractivity contribution in [3.63, 3.8) is 0 Å². The van der Waals surface area contributed by atoms with Crippen molar-refractivity contribution in [3.05, 3.63) is 24.0 Å². The Hall–Kier alpha value is -0.0966. The summed E-state index contributed by atoms with van der Waals surface area (Å²) >= 11 is 0. The number of rotatable bonds is 0. The van der Waals surface area contributed by atoms with Gasteiger partial charge >= 0.3 is 0 Å². The third kappa shape index (κ3) is 1.89. The van der Waals surface area contributed by atoms with E-state index < -0.39 is 0 Å². The minimum Gasteiger partial charge on any atom is -0.365 e. The van der Waals surface area contributed by atoms with Crippen molar-refractivity contribution in [1.29, 1.82) is 0 Å². The molecule has 0 aromatic carbocycles. The molecule has 1 heterocycles. The zero-order chi connectivity index (χ0) is 4.41. The Labute approximate surface area is 55.9 Å². The van der Waals surface area contributed by atoms with Gasteiger partial charge in [-0.1, -0.05) is 0 Å². The molecule has 2 heteroatoms. The standard InChI is InChI=1S/C5H7N.Ru/c1-5-3-2-4-6-5;/h2-4,6H,1H3;. The quantitative estimate of drug-likeness (QED) is 0.582. The molecule has 1 nitrogen and oxygen atoms in total. The van der Waals surface area contributed by atoms with Crippen LogP contribution in [0.3, 0.4) is 0 Å². The molecule has 0 aliphatic heterocycles. The number of nitrogens with one attached hydrogen (secondary N) is 1. The van der Waals surface area contributed by atoms with E-state index in [0.29, 0.717) is 0 Å². The Morgan fingerprint density at radius 3 is 2.43 bits per heavy atom. The second kappa shape index (κ2) is 2.98. The van der Waals surface area contributed by atoms with Gasteiger partial charge in [-0.3, -0.25) is 0 Å². The molecule has 0 atom stereocenters. The van der Waals surface area contributed by atoms with E-state index in [1.807, 2.05) is 25.3 Å². The second-order valence-corrected chi connectivity index (χ2v) is 1.35. The number of hydrogen-bond donors (Lipinski definition) is 1. The fourth-order valence-corrected chi connectivity index (χ4v) is 0.420. The summed E-state index contributed by atoms with van der Waals surface area (Å²) < 4.78 is 0. The Bertz CT molecular complexity index is 112. The molecule has 1 N–H and O–H groups in total. The third-order valence-electron chi connectivity index (χ3n) is 0.753. The maximum atomic E-state index is 3.00. The van der Waals surface area contributed by atoms with E-state index in [2.05, 4.69) is 4.98 Å². The maximum absolute atomic E-state index is 3.00. The molecule has 1 aromatic heterocycles. The Balaban J connectivity index is 0.000000360. The molecular formula is C5H7NRu. The van der Waals surface area contributed by atoms with E-state index in [1.165, 1.54) is 5.69 Å². The molecule has 0 radical (unpaired) electrons. The summed E-state index contributed by atoms with van der Waals surface area (Å²) in [5.41, 5.74) is 1.22. The van der Waals surface area contributed by atoms with Crippen molar-refractivity contribution >= 4 is 0 Å². The second-order valence-electron chi connectivity index (χ2n) is 1.35. The molecule has 0 spiro atoms. The predicted molar refractivity (Wildman–Crippen MR) is 25.5 cm³/mol. The van der Waals surface area contributed by atoms with Crippen molar-refractivity contribution in [2.24, 2.45) is 0 Å². The molecule has 0 amide bonds. The fraction of sp³-hybridized carbons (Fsp3) is 0.200. The van der Waals surface area contributed by atoms with E-state index in [9.17, 15) is 0 Å². The van der Waals surface area contributed by atoms with Gasteiger partial charge in [0.1, 0.15) is 0 Å². The summed E-state index contributed by atoms with van der Waals surface area (Å²) in [4.78, 5) is 3.00. The van der Waals surface area contributed by atoms with Crippen LogP contribution in [-0.2, 0) is 19.5 Å². The molecule has 0 unspecified atom stereocenters. The van der Waals surface area contributed by atoms with Crippen LogP contribution < -0.4 is 0 Å². The van der Waals surface area contributed by atoms with Gasteiger partial charge in [0.25, 0.3) is 0 Å². The van der Waals surface area contributed by atoms with Crippen LogP contribution in [-0.4, -0.2) is 4.98 Å². The van der Waals surface area contributed by atoms with E-state index >= 15 is 0 Å². The van der Waals surface area contributed by atoms with Gasteiger partial charge in [-0.25, -0.2) is 0 Å². The summed E-state index contributed by atoms with van der Waals surface area (Å²) in [5, 5.41) is 0. The van der Waals surface area contributed by atoms with Gasteiger partial charge in [0.15, 0.2) is 0 Å². The van der Waals surface area contributed by atoms with Crippen LogP contribution in [0.5, 0.6) is 0 Å². The smallest absolute Gasteiger partial charge is 0.0115 e. The Morgan fingerprint density at radius 2 is 2.29 bits per heavy atom. The number of H-pyrrole nitrogens is 1. The molecule has 0 fully saturated rings. The van der Waals surface area contributed by atoms with Gasteiger partial charge in [-0.15, -0.1) is 0 Å². The molecule has 0 saturated carbocycles. The summed E-state index contributed by atoms with van der Waals surface area (Å²) in [7, 11) is 0. The molecule has 40 valence electrons. The normalized spacial score (nSPS) is 7.57. The summed E-state index contributed by atoms with van der Waals surface area (Å²) in [6, 6.07) is 4.01. The topological polar surface area (TPSA) is 15.8 Å². The largest absolute Gasteiger partial charge is 0.365 e.